The van der Waals surface area contributed by atoms with E-state index >= 15 is 0 Å². The Hall–Kier alpha value is -2.47. The zero-order valence-electron chi connectivity index (χ0n) is 16.7. The Morgan fingerprint density at radius 1 is 1.35 bits per heavy atom. The van der Waals surface area contributed by atoms with E-state index in [9.17, 15) is 30.8 Å². The molecule has 170 valence electrons. The fourth-order valence-electron chi connectivity index (χ4n) is 3.60. The van der Waals surface area contributed by atoms with Crippen molar-refractivity contribution in [3.05, 3.63) is 47.0 Å². The molecule has 0 saturated heterocycles. The number of ether oxygens (including phenoxy) is 1. The van der Waals surface area contributed by atoms with Gasteiger partial charge in [-0.1, -0.05) is 0 Å². The van der Waals surface area contributed by atoms with Crippen molar-refractivity contribution in [2.24, 2.45) is 0 Å². The number of benzene rings is 1. The molecule has 2 aromatic rings. The summed E-state index contributed by atoms with van der Waals surface area (Å²) in [5, 5.41) is 7.05. The van der Waals surface area contributed by atoms with Crippen LogP contribution in [0.1, 0.15) is 48.7 Å². The molecule has 7 nitrogen and oxygen atoms in total. The molecule has 1 N–H and O–H groups in total. The van der Waals surface area contributed by atoms with Crippen molar-refractivity contribution in [1.82, 2.24) is 15.1 Å². The average Bonchev–Trinajstić information content (AvgIpc) is 3.14. The molecule has 0 bridgehead atoms. The fraction of sp³-hybridized carbons (Fsp3) is 0.474. The van der Waals surface area contributed by atoms with E-state index in [0.29, 0.717) is 37.0 Å². The second-order valence-corrected chi connectivity index (χ2v) is 9.26. The highest BCUT2D eigenvalue weighted by Crippen LogP contribution is 2.33. The topological polar surface area (TPSA) is 90.3 Å². The summed E-state index contributed by atoms with van der Waals surface area (Å²) in [5.41, 5.74) is 0.0840. The minimum atomic E-state index is -4.87. The quantitative estimate of drug-likeness (QED) is 0.523. The summed E-state index contributed by atoms with van der Waals surface area (Å²) < 4.78 is 83.8. The standard InChI is InChI=1S/C19H21F4N3O4S/c1-11(18(27)30-2)26-17-5-3-4-16(15(17)9-25-26)24-10-31(28,29)14-7-12(19(21,22)23)6-13(20)8-14/h6-9,11,16,24H,3-5,10H2,1-2H3/t11?,16-/m1/s1. The van der Waals surface area contributed by atoms with Gasteiger partial charge in [0, 0.05) is 17.3 Å². The molecule has 2 atom stereocenters. The van der Waals surface area contributed by atoms with E-state index in [0.717, 1.165) is 5.69 Å². The molecule has 31 heavy (non-hydrogen) atoms. The molecule has 1 aromatic heterocycles. The Morgan fingerprint density at radius 2 is 2.06 bits per heavy atom. The number of nitrogens with one attached hydrogen (secondary N) is 1. The van der Waals surface area contributed by atoms with Gasteiger partial charge in [0.15, 0.2) is 9.84 Å². The summed E-state index contributed by atoms with van der Waals surface area (Å²) in [5.74, 6) is -2.45. The zero-order valence-corrected chi connectivity index (χ0v) is 17.6. The highest BCUT2D eigenvalue weighted by molar-refractivity contribution is 7.91. The number of hydrogen-bond acceptors (Lipinski definition) is 6. The van der Waals surface area contributed by atoms with Gasteiger partial charge in [0.25, 0.3) is 0 Å². The van der Waals surface area contributed by atoms with Gasteiger partial charge in [0.05, 0.1) is 23.8 Å². The molecule has 1 aliphatic carbocycles. The number of alkyl halides is 3. The van der Waals surface area contributed by atoms with Crippen LogP contribution in [0.2, 0.25) is 0 Å². The first-order valence-corrected chi connectivity index (χ1v) is 11.1. The number of carbonyl (C=O) groups excluding carboxylic acids is 1. The number of aromatic nitrogens is 2. The lowest BCUT2D eigenvalue weighted by Gasteiger charge is -2.25. The van der Waals surface area contributed by atoms with Gasteiger partial charge < -0.3 is 4.74 Å². The average molecular weight is 463 g/mol. The zero-order chi connectivity index (χ0) is 23.0. The highest BCUT2D eigenvalue weighted by Gasteiger charge is 2.33. The van der Waals surface area contributed by atoms with Crippen molar-refractivity contribution in [3.63, 3.8) is 0 Å². The molecule has 0 amide bonds. The molecule has 0 spiro atoms. The number of halogens is 4. The number of carbonyl (C=O) groups is 1. The van der Waals surface area contributed by atoms with E-state index < -0.39 is 56.2 Å². The fourth-order valence-corrected chi connectivity index (χ4v) is 4.78. The van der Waals surface area contributed by atoms with Crippen molar-refractivity contribution in [1.29, 1.82) is 0 Å². The summed E-state index contributed by atoms with van der Waals surface area (Å²) in [6, 6.07) is 0.130. The molecule has 0 saturated carbocycles. The largest absolute Gasteiger partial charge is 0.467 e. The molecule has 0 radical (unpaired) electrons. The Balaban J connectivity index is 1.81. The first-order chi connectivity index (χ1) is 14.4. The Labute approximate surface area is 176 Å². The van der Waals surface area contributed by atoms with Gasteiger partial charge in [-0.3, -0.25) is 10.00 Å². The van der Waals surface area contributed by atoms with E-state index in [1.165, 1.54) is 18.0 Å². The van der Waals surface area contributed by atoms with Gasteiger partial charge >= 0.3 is 12.1 Å². The third-order valence-corrected chi connectivity index (χ3v) is 6.70. The van der Waals surface area contributed by atoms with Gasteiger partial charge in [-0.2, -0.15) is 18.3 Å². The molecule has 1 unspecified atom stereocenters. The lowest BCUT2D eigenvalue weighted by molar-refractivity contribution is -0.144. The summed E-state index contributed by atoms with van der Waals surface area (Å²) in [4.78, 5) is 11.1. The summed E-state index contributed by atoms with van der Waals surface area (Å²) in [7, 11) is -2.98. The third kappa shape index (κ3) is 4.90. The maximum Gasteiger partial charge on any atom is 0.416 e. The van der Waals surface area contributed by atoms with Crippen LogP contribution in [0.15, 0.2) is 29.3 Å². The third-order valence-electron chi connectivity index (χ3n) is 5.20. The lowest BCUT2D eigenvalue weighted by Crippen LogP contribution is -2.31. The molecular weight excluding hydrogens is 442 g/mol. The Bertz CT molecular complexity index is 1080. The Morgan fingerprint density at radius 3 is 2.71 bits per heavy atom. The van der Waals surface area contributed by atoms with Crippen LogP contribution in [0.4, 0.5) is 17.6 Å². The molecule has 12 heteroatoms. The summed E-state index contributed by atoms with van der Waals surface area (Å²) >= 11 is 0. The van der Waals surface area contributed by atoms with Crippen LogP contribution in [0.3, 0.4) is 0 Å². The van der Waals surface area contributed by atoms with Crippen LogP contribution in [0.25, 0.3) is 0 Å². The number of methoxy groups -OCH3 is 1. The summed E-state index contributed by atoms with van der Waals surface area (Å²) in [6.45, 7) is 1.63. The minimum absolute atomic E-state index is 0.247. The minimum Gasteiger partial charge on any atom is -0.467 e. The summed E-state index contributed by atoms with van der Waals surface area (Å²) in [6.07, 6.45) is -1.47. The monoisotopic (exact) mass is 463 g/mol. The number of nitrogens with zero attached hydrogens (tertiary/aromatic N) is 2. The number of fused-ring (bicyclic) bond motifs is 1. The van der Waals surface area contributed by atoms with E-state index in [1.54, 1.807) is 6.92 Å². The molecule has 1 heterocycles. The van der Waals surface area contributed by atoms with Crippen molar-refractivity contribution in [3.8, 4) is 0 Å². The SMILES string of the molecule is COC(=O)C(C)n1ncc2c1CCC[C@H]2NCS(=O)(=O)c1cc(F)cc(C(F)(F)F)c1. The molecule has 0 aliphatic heterocycles. The first-order valence-electron chi connectivity index (χ1n) is 9.42. The lowest BCUT2D eigenvalue weighted by atomic mass is 9.93. The van der Waals surface area contributed by atoms with E-state index in [2.05, 4.69) is 10.4 Å². The van der Waals surface area contributed by atoms with Crippen LogP contribution < -0.4 is 5.32 Å². The molecular formula is C19H21F4N3O4S. The van der Waals surface area contributed by atoms with Crippen LogP contribution >= 0.6 is 0 Å². The van der Waals surface area contributed by atoms with E-state index in [4.69, 9.17) is 4.74 Å². The predicted molar refractivity (Wildman–Crippen MR) is 101 cm³/mol. The second-order valence-electron chi connectivity index (χ2n) is 7.27. The van der Waals surface area contributed by atoms with E-state index in [-0.39, 0.29) is 6.07 Å². The molecule has 1 aromatic carbocycles. The van der Waals surface area contributed by atoms with Gasteiger partial charge in [-0.15, -0.1) is 0 Å². The van der Waals surface area contributed by atoms with E-state index in [1.807, 2.05) is 0 Å². The van der Waals surface area contributed by atoms with Gasteiger partial charge in [-0.25, -0.2) is 17.6 Å². The second kappa shape index (κ2) is 8.58. The highest BCUT2D eigenvalue weighted by atomic mass is 32.2. The number of hydrogen-bond donors (Lipinski definition) is 1. The Kier molecular flexibility index (Phi) is 6.42. The van der Waals surface area contributed by atoms with Gasteiger partial charge in [0.1, 0.15) is 17.7 Å². The number of esters is 1. The van der Waals surface area contributed by atoms with Crippen molar-refractivity contribution in [2.75, 3.05) is 13.0 Å². The van der Waals surface area contributed by atoms with Gasteiger partial charge in [-0.05, 0) is 44.4 Å². The normalized spacial score (nSPS) is 17.8. The molecule has 1 aliphatic rings. The van der Waals surface area contributed by atoms with Crippen LogP contribution in [-0.2, 0) is 32.0 Å². The van der Waals surface area contributed by atoms with Gasteiger partial charge in [0.2, 0.25) is 0 Å². The smallest absolute Gasteiger partial charge is 0.416 e. The maximum absolute atomic E-state index is 13.6. The number of rotatable bonds is 6. The van der Waals surface area contributed by atoms with Crippen molar-refractivity contribution < 1.29 is 35.5 Å². The van der Waals surface area contributed by atoms with Crippen LogP contribution in [0.5, 0.6) is 0 Å². The molecule has 3 rings (SSSR count). The first kappa shape index (κ1) is 23.2. The predicted octanol–water partition coefficient (Wildman–Crippen LogP) is 3.17. The number of sulfone groups is 1. The van der Waals surface area contributed by atoms with Crippen LogP contribution in [0, 0.1) is 5.82 Å². The molecule has 0 fully saturated rings. The van der Waals surface area contributed by atoms with Crippen molar-refractivity contribution in [2.45, 2.75) is 49.3 Å². The van der Waals surface area contributed by atoms with Crippen molar-refractivity contribution >= 4 is 15.8 Å². The maximum atomic E-state index is 13.6. The van der Waals surface area contributed by atoms with Crippen LogP contribution in [-0.4, -0.2) is 37.2 Å².